The lowest BCUT2D eigenvalue weighted by atomic mass is 10.2. The standard InChI is InChI=1S/C13H25N5/c1-11(2)9-17(3)6-7-18-10-13(15-16-18)8-14-12-4-5-12/h10-12,14H,4-9H2,1-3H3. The predicted molar refractivity (Wildman–Crippen MR) is 72.2 cm³/mol. The molecule has 5 nitrogen and oxygen atoms in total. The Morgan fingerprint density at radius 1 is 1.50 bits per heavy atom. The lowest BCUT2D eigenvalue weighted by Crippen LogP contribution is -2.27. The second kappa shape index (κ2) is 6.29. The van der Waals surface area contributed by atoms with Crippen LogP contribution in [-0.2, 0) is 13.1 Å². The highest BCUT2D eigenvalue weighted by atomic mass is 15.4. The molecular formula is C13H25N5. The Bertz CT molecular complexity index is 356. The zero-order valence-corrected chi connectivity index (χ0v) is 11.8. The smallest absolute Gasteiger partial charge is 0.0964 e. The van der Waals surface area contributed by atoms with Crippen LogP contribution in [0.5, 0.6) is 0 Å². The van der Waals surface area contributed by atoms with Gasteiger partial charge in [-0.1, -0.05) is 19.1 Å². The topological polar surface area (TPSA) is 46.0 Å². The fraction of sp³-hybridized carbons (Fsp3) is 0.846. The molecule has 1 N–H and O–H groups in total. The minimum absolute atomic E-state index is 0.712. The Morgan fingerprint density at radius 2 is 2.28 bits per heavy atom. The third-order valence-electron chi connectivity index (χ3n) is 3.12. The Hall–Kier alpha value is -0.940. The number of rotatable bonds is 8. The summed E-state index contributed by atoms with van der Waals surface area (Å²) in [6.07, 6.45) is 4.68. The largest absolute Gasteiger partial charge is 0.308 e. The quantitative estimate of drug-likeness (QED) is 0.752. The fourth-order valence-electron chi connectivity index (χ4n) is 2.05. The fourth-order valence-corrected chi connectivity index (χ4v) is 2.05. The van der Waals surface area contributed by atoms with Crippen molar-refractivity contribution in [1.82, 2.24) is 25.2 Å². The Kier molecular flexibility index (Phi) is 4.72. The average Bonchev–Trinajstić information content (AvgIpc) is 3.02. The SMILES string of the molecule is CC(C)CN(C)CCn1cc(CNC2CC2)nn1. The summed E-state index contributed by atoms with van der Waals surface area (Å²) in [5, 5.41) is 11.8. The van der Waals surface area contributed by atoms with E-state index >= 15 is 0 Å². The molecule has 1 aromatic heterocycles. The number of hydrogen-bond donors (Lipinski definition) is 1. The minimum Gasteiger partial charge on any atom is -0.308 e. The van der Waals surface area contributed by atoms with Gasteiger partial charge in [0.05, 0.1) is 12.2 Å². The summed E-state index contributed by atoms with van der Waals surface area (Å²) in [5.41, 5.74) is 1.05. The van der Waals surface area contributed by atoms with Gasteiger partial charge in [0.2, 0.25) is 0 Å². The molecule has 0 radical (unpaired) electrons. The molecule has 0 saturated heterocycles. The summed E-state index contributed by atoms with van der Waals surface area (Å²) in [7, 11) is 2.16. The summed E-state index contributed by atoms with van der Waals surface area (Å²) in [4.78, 5) is 2.34. The Morgan fingerprint density at radius 3 is 2.94 bits per heavy atom. The highest BCUT2D eigenvalue weighted by molar-refractivity contribution is 4.94. The molecule has 1 aliphatic carbocycles. The van der Waals surface area contributed by atoms with Gasteiger partial charge in [0.1, 0.15) is 0 Å². The average molecular weight is 251 g/mol. The van der Waals surface area contributed by atoms with Crippen molar-refractivity contribution in [3.63, 3.8) is 0 Å². The van der Waals surface area contributed by atoms with Gasteiger partial charge in [-0.2, -0.15) is 0 Å². The van der Waals surface area contributed by atoms with Crippen LogP contribution >= 0.6 is 0 Å². The Labute approximate surface area is 110 Å². The summed E-state index contributed by atoms with van der Waals surface area (Å²) in [5.74, 6) is 0.712. The van der Waals surface area contributed by atoms with Crippen LogP contribution in [0, 0.1) is 5.92 Å². The van der Waals surface area contributed by atoms with E-state index in [1.54, 1.807) is 0 Å². The molecule has 1 heterocycles. The van der Waals surface area contributed by atoms with E-state index in [0.717, 1.165) is 37.9 Å². The van der Waals surface area contributed by atoms with Crippen LogP contribution in [0.3, 0.4) is 0 Å². The molecule has 2 rings (SSSR count). The second-order valence-electron chi connectivity index (χ2n) is 5.78. The molecule has 18 heavy (non-hydrogen) atoms. The van der Waals surface area contributed by atoms with Crippen molar-refractivity contribution < 1.29 is 0 Å². The van der Waals surface area contributed by atoms with Crippen LogP contribution in [0.15, 0.2) is 6.20 Å². The molecule has 1 fully saturated rings. The first-order valence-corrected chi connectivity index (χ1v) is 6.94. The first-order valence-electron chi connectivity index (χ1n) is 6.94. The van der Waals surface area contributed by atoms with Gasteiger partial charge in [-0.3, -0.25) is 4.68 Å². The van der Waals surface area contributed by atoms with Gasteiger partial charge in [0.15, 0.2) is 0 Å². The van der Waals surface area contributed by atoms with Crippen LogP contribution in [0.25, 0.3) is 0 Å². The zero-order chi connectivity index (χ0) is 13.0. The van der Waals surface area contributed by atoms with E-state index in [2.05, 4.69) is 47.6 Å². The highest BCUT2D eigenvalue weighted by Crippen LogP contribution is 2.18. The van der Waals surface area contributed by atoms with E-state index in [-0.39, 0.29) is 0 Å². The molecule has 1 saturated carbocycles. The van der Waals surface area contributed by atoms with Crippen molar-refractivity contribution in [2.45, 2.75) is 45.8 Å². The van der Waals surface area contributed by atoms with Crippen LogP contribution in [0.1, 0.15) is 32.4 Å². The van der Waals surface area contributed by atoms with Gasteiger partial charge in [0, 0.05) is 31.9 Å². The van der Waals surface area contributed by atoms with E-state index < -0.39 is 0 Å². The molecule has 0 aliphatic heterocycles. The summed E-state index contributed by atoms with van der Waals surface area (Å²) in [6.45, 7) is 8.41. The van der Waals surface area contributed by atoms with Crippen molar-refractivity contribution in [1.29, 1.82) is 0 Å². The minimum atomic E-state index is 0.712. The van der Waals surface area contributed by atoms with Gasteiger partial charge < -0.3 is 10.2 Å². The van der Waals surface area contributed by atoms with Crippen LogP contribution < -0.4 is 5.32 Å². The maximum absolute atomic E-state index is 4.19. The van der Waals surface area contributed by atoms with E-state index in [4.69, 9.17) is 0 Å². The number of hydrogen-bond acceptors (Lipinski definition) is 4. The number of aromatic nitrogens is 3. The van der Waals surface area contributed by atoms with Crippen molar-refractivity contribution in [2.75, 3.05) is 20.1 Å². The van der Waals surface area contributed by atoms with E-state index in [1.165, 1.54) is 12.8 Å². The summed E-state index contributed by atoms with van der Waals surface area (Å²) < 4.78 is 1.95. The first kappa shape index (κ1) is 13.5. The maximum atomic E-state index is 4.19. The predicted octanol–water partition coefficient (Wildman–Crippen LogP) is 1.12. The van der Waals surface area contributed by atoms with E-state index in [9.17, 15) is 0 Å². The summed E-state index contributed by atoms with van der Waals surface area (Å²) >= 11 is 0. The van der Waals surface area contributed by atoms with Gasteiger partial charge in [-0.05, 0) is 25.8 Å². The van der Waals surface area contributed by atoms with Gasteiger partial charge in [-0.25, -0.2) is 0 Å². The molecule has 0 spiro atoms. The molecule has 0 bridgehead atoms. The van der Waals surface area contributed by atoms with Crippen molar-refractivity contribution >= 4 is 0 Å². The molecule has 0 amide bonds. The number of nitrogens with zero attached hydrogens (tertiary/aromatic N) is 4. The zero-order valence-electron chi connectivity index (χ0n) is 11.8. The third-order valence-corrected chi connectivity index (χ3v) is 3.12. The number of nitrogens with one attached hydrogen (secondary N) is 1. The molecular weight excluding hydrogens is 226 g/mol. The molecule has 0 aromatic carbocycles. The highest BCUT2D eigenvalue weighted by Gasteiger charge is 2.20. The molecule has 1 aliphatic rings. The van der Waals surface area contributed by atoms with Gasteiger partial charge in [-0.15, -0.1) is 5.10 Å². The molecule has 5 heteroatoms. The van der Waals surface area contributed by atoms with Gasteiger partial charge >= 0.3 is 0 Å². The summed E-state index contributed by atoms with van der Waals surface area (Å²) in [6, 6.07) is 0.729. The second-order valence-corrected chi connectivity index (χ2v) is 5.78. The lowest BCUT2D eigenvalue weighted by molar-refractivity contribution is 0.278. The van der Waals surface area contributed by atoms with Crippen molar-refractivity contribution in [2.24, 2.45) is 5.92 Å². The Balaban J connectivity index is 1.68. The molecule has 0 atom stereocenters. The van der Waals surface area contributed by atoms with Crippen molar-refractivity contribution in [3.05, 3.63) is 11.9 Å². The van der Waals surface area contributed by atoms with Crippen LogP contribution in [0.4, 0.5) is 0 Å². The van der Waals surface area contributed by atoms with Crippen LogP contribution in [0.2, 0.25) is 0 Å². The van der Waals surface area contributed by atoms with E-state index in [0.29, 0.717) is 5.92 Å². The van der Waals surface area contributed by atoms with Crippen LogP contribution in [-0.4, -0.2) is 46.1 Å². The lowest BCUT2D eigenvalue weighted by Gasteiger charge is -2.18. The first-order chi connectivity index (χ1) is 8.63. The molecule has 0 unspecified atom stereocenters. The third kappa shape index (κ3) is 4.74. The molecule has 102 valence electrons. The number of likely N-dealkylation sites (N-methyl/N-ethyl adjacent to an activating group) is 1. The van der Waals surface area contributed by atoms with E-state index in [1.807, 2.05) is 4.68 Å². The maximum Gasteiger partial charge on any atom is 0.0964 e. The normalized spacial score (nSPS) is 15.8. The van der Waals surface area contributed by atoms with Gasteiger partial charge in [0.25, 0.3) is 0 Å². The van der Waals surface area contributed by atoms with Crippen molar-refractivity contribution in [3.8, 4) is 0 Å². The monoisotopic (exact) mass is 251 g/mol. The molecule has 1 aromatic rings.